The van der Waals surface area contributed by atoms with Crippen molar-refractivity contribution in [2.24, 2.45) is 0 Å². The number of nitrogens with one attached hydrogen (secondary N) is 1. The third-order valence-electron chi connectivity index (χ3n) is 1.23. The molecule has 1 N–H and O–H groups in total. The second-order valence-electron chi connectivity index (χ2n) is 2.84. The van der Waals surface area contributed by atoms with Crippen LogP contribution in [0.15, 0.2) is 30.5 Å². The molecule has 0 bridgehead atoms. The molecule has 0 radical (unpaired) electrons. The summed E-state index contributed by atoms with van der Waals surface area (Å²) in [5.74, 6) is -0.100. The van der Waals surface area contributed by atoms with Gasteiger partial charge in [0.15, 0.2) is 0 Å². The van der Waals surface area contributed by atoms with Gasteiger partial charge in [0.2, 0.25) is 5.91 Å². The van der Waals surface area contributed by atoms with Crippen molar-refractivity contribution >= 4 is 5.91 Å². The molecule has 2 nitrogen and oxygen atoms in total. The number of carbonyl (C=O) groups excluding carboxylic acids is 1. The standard InChI is InChI=1S/C10H15NO/c1-5-6-7-9(4)10(12)11-8(2)3/h6,8H,1,4,7H2,2-3H3,(H,11,12). The normalized spacial score (nSPS) is 8.92. The predicted molar refractivity (Wildman–Crippen MR) is 50.7 cm³/mol. The van der Waals surface area contributed by atoms with Crippen LogP contribution in [-0.2, 0) is 4.79 Å². The van der Waals surface area contributed by atoms with Gasteiger partial charge in [-0.1, -0.05) is 13.2 Å². The van der Waals surface area contributed by atoms with Gasteiger partial charge in [-0.15, -0.1) is 5.73 Å². The van der Waals surface area contributed by atoms with Crippen molar-refractivity contribution in [3.8, 4) is 0 Å². The highest BCUT2D eigenvalue weighted by Crippen LogP contribution is 1.98. The van der Waals surface area contributed by atoms with E-state index in [0.29, 0.717) is 12.0 Å². The first kappa shape index (κ1) is 10.7. The smallest absolute Gasteiger partial charge is 0.247 e. The molecule has 12 heavy (non-hydrogen) atoms. The summed E-state index contributed by atoms with van der Waals surface area (Å²) < 4.78 is 0. The molecular weight excluding hydrogens is 150 g/mol. The van der Waals surface area contributed by atoms with E-state index in [0.717, 1.165) is 0 Å². The first-order valence-electron chi connectivity index (χ1n) is 3.91. The van der Waals surface area contributed by atoms with Crippen molar-refractivity contribution in [2.45, 2.75) is 26.3 Å². The zero-order chi connectivity index (χ0) is 9.56. The largest absolute Gasteiger partial charge is 0.350 e. The Morgan fingerprint density at radius 1 is 1.67 bits per heavy atom. The highest BCUT2D eigenvalue weighted by molar-refractivity contribution is 5.93. The Kier molecular flexibility index (Phi) is 4.82. The molecule has 0 heterocycles. The predicted octanol–water partition coefficient (Wildman–Crippen LogP) is 1.80. The zero-order valence-electron chi connectivity index (χ0n) is 7.68. The number of allylic oxidation sites excluding steroid dienone is 1. The van der Waals surface area contributed by atoms with Crippen LogP contribution in [0.2, 0.25) is 0 Å². The van der Waals surface area contributed by atoms with Gasteiger partial charge in [0, 0.05) is 18.0 Å². The Morgan fingerprint density at radius 3 is 2.67 bits per heavy atom. The van der Waals surface area contributed by atoms with E-state index in [1.165, 1.54) is 0 Å². The molecule has 0 aliphatic heterocycles. The van der Waals surface area contributed by atoms with Crippen LogP contribution in [0.1, 0.15) is 20.3 Å². The van der Waals surface area contributed by atoms with Crippen LogP contribution >= 0.6 is 0 Å². The van der Waals surface area contributed by atoms with Gasteiger partial charge in [-0.05, 0) is 19.9 Å². The average molecular weight is 165 g/mol. The fourth-order valence-electron chi connectivity index (χ4n) is 0.652. The lowest BCUT2D eigenvalue weighted by molar-refractivity contribution is -0.118. The van der Waals surface area contributed by atoms with Gasteiger partial charge in [-0.2, -0.15) is 0 Å². The van der Waals surface area contributed by atoms with Gasteiger partial charge in [0.1, 0.15) is 0 Å². The molecule has 0 atom stereocenters. The van der Waals surface area contributed by atoms with Crippen LogP contribution in [0.25, 0.3) is 0 Å². The van der Waals surface area contributed by atoms with Gasteiger partial charge in [-0.3, -0.25) is 4.79 Å². The van der Waals surface area contributed by atoms with E-state index in [9.17, 15) is 4.79 Å². The number of hydrogen-bond acceptors (Lipinski definition) is 1. The van der Waals surface area contributed by atoms with E-state index < -0.39 is 0 Å². The van der Waals surface area contributed by atoms with Crippen molar-refractivity contribution in [2.75, 3.05) is 0 Å². The molecule has 0 aromatic rings. The van der Waals surface area contributed by atoms with Crippen LogP contribution < -0.4 is 5.32 Å². The second-order valence-corrected chi connectivity index (χ2v) is 2.84. The molecule has 66 valence electrons. The maximum atomic E-state index is 11.2. The fourth-order valence-corrected chi connectivity index (χ4v) is 0.652. The van der Waals surface area contributed by atoms with Crippen LogP contribution in [-0.4, -0.2) is 11.9 Å². The Balaban J connectivity index is 3.93. The third-order valence-corrected chi connectivity index (χ3v) is 1.23. The Hall–Kier alpha value is -1.27. The topological polar surface area (TPSA) is 29.1 Å². The summed E-state index contributed by atoms with van der Waals surface area (Å²) in [5, 5.41) is 2.74. The Bertz CT molecular complexity index is 222. The molecule has 0 saturated carbocycles. The molecule has 0 fully saturated rings. The molecule has 0 rings (SSSR count). The zero-order valence-corrected chi connectivity index (χ0v) is 7.68. The van der Waals surface area contributed by atoms with Crippen molar-refractivity contribution in [1.82, 2.24) is 5.32 Å². The lowest BCUT2D eigenvalue weighted by Gasteiger charge is -2.08. The molecule has 0 aromatic heterocycles. The van der Waals surface area contributed by atoms with E-state index in [2.05, 4.69) is 24.2 Å². The number of amides is 1. The van der Waals surface area contributed by atoms with Crippen molar-refractivity contribution in [3.63, 3.8) is 0 Å². The summed E-state index contributed by atoms with van der Waals surface area (Å²) in [7, 11) is 0. The minimum atomic E-state index is -0.100. The lowest BCUT2D eigenvalue weighted by atomic mass is 10.2. The monoisotopic (exact) mass is 165 g/mol. The number of hydrogen-bond donors (Lipinski definition) is 1. The van der Waals surface area contributed by atoms with Crippen molar-refractivity contribution < 1.29 is 4.79 Å². The van der Waals surface area contributed by atoms with E-state index in [1.54, 1.807) is 6.08 Å². The molecule has 2 heteroatoms. The first-order valence-corrected chi connectivity index (χ1v) is 3.91. The number of carbonyl (C=O) groups is 1. The van der Waals surface area contributed by atoms with Crippen LogP contribution in [0, 0.1) is 0 Å². The maximum Gasteiger partial charge on any atom is 0.247 e. The summed E-state index contributed by atoms with van der Waals surface area (Å²) >= 11 is 0. The number of rotatable bonds is 4. The van der Waals surface area contributed by atoms with Crippen LogP contribution in [0.4, 0.5) is 0 Å². The molecule has 0 spiro atoms. The Labute approximate surface area is 73.7 Å². The van der Waals surface area contributed by atoms with Gasteiger partial charge in [0.25, 0.3) is 0 Å². The molecule has 0 aromatic carbocycles. The molecule has 0 unspecified atom stereocenters. The van der Waals surface area contributed by atoms with Crippen LogP contribution in [0.3, 0.4) is 0 Å². The molecule has 1 amide bonds. The van der Waals surface area contributed by atoms with E-state index in [1.807, 2.05) is 13.8 Å². The van der Waals surface area contributed by atoms with Crippen LogP contribution in [0.5, 0.6) is 0 Å². The minimum absolute atomic E-state index is 0.100. The quantitative estimate of drug-likeness (QED) is 0.499. The second kappa shape index (κ2) is 5.39. The maximum absolute atomic E-state index is 11.2. The van der Waals surface area contributed by atoms with Gasteiger partial charge >= 0.3 is 0 Å². The summed E-state index contributed by atoms with van der Waals surface area (Å²) in [6.07, 6.45) is 2.20. The molecule has 0 aliphatic rings. The van der Waals surface area contributed by atoms with Crippen molar-refractivity contribution in [3.05, 3.63) is 30.5 Å². The lowest BCUT2D eigenvalue weighted by Crippen LogP contribution is -2.30. The SMILES string of the molecule is C=C=CCC(=C)C(=O)NC(C)C. The van der Waals surface area contributed by atoms with Gasteiger partial charge < -0.3 is 5.32 Å². The van der Waals surface area contributed by atoms with Gasteiger partial charge in [-0.25, -0.2) is 0 Å². The first-order chi connectivity index (χ1) is 5.57. The summed E-state index contributed by atoms with van der Waals surface area (Å²) in [4.78, 5) is 11.2. The van der Waals surface area contributed by atoms with E-state index >= 15 is 0 Å². The van der Waals surface area contributed by atoms with Gasteiger partial charge in [0.05, 0.1) is 0 Å². The summed E-state index contributed by atoms with van der Waals surface area (Å²) in [6, 6.07) is 0.155. The minimum Gasteiger partial charge on any atom is -0.350 e. The Morgan fingerprint density at radius 2 is 2.25 bits per heavy atom. The third kappa shape index (κ3) is 4.53. The average Bonchev–Trinajstić information content (AvgIpc) is 1.98. The summed E-state index contributed by atoms with van der Waals surface area (Å²) in [5.41, 5.74) is 3.13. The van der Waals surface area contributed by atoms with E-state index in [-0.39, 0.29) is 11.9 Å². The molecule has 0 saturated heterocycles. The van der Waals surface area contributed by atoms with Crippen molar-refractivity contribution in [1.29, 1.82) is 0 Å². The highest BCUT2D eigenvalue weighted by Gasteiger charge is 2.05. The highest BCUT2D eigenvalue weighted by atomic mass is 16.1. The van der Waals surface area contributed by atoms with E-state index in [4.69, 9.17) is 0 Å². The molecule has 0 aliphatic carbocycles. The summed E-state index contributed by atoms with van der Waals surface area (Å²) in [6.45, 7) is 10.9. The molecular formula is C10H15NO. The fraction of sp³-hybridized carbons (Fsp3) is 0.400.